The van der Waals surface area contributed by atoms with Gasteiger partial charge in [-0.2, -0.15) is 0 Å². The van der Waals surface area contributed by atoms with Gasteiger partial charge >= 0.3 is 6.09 Å². The van der Waals surface area contributed by atoms with E-state index in [9.17, 15) is 4.79 Å². The van der Waals surface area contributed by atoms with E-state index in [-0.39, 0.29) is 36.1 Å². The van der Waals surface area contributed by atoms with Crippen molar-refractivity contribution < 1.29 is 9.53 Å². The van der Waals surface area contributed by atoms with Gasteiger partial charge in [-0.3, -0.25) is 4.99 Å². The number of nitrogens with zero attached hydrogens (tertiary/aromatic N) is 5. The third-order valence-electron chi connectivity index (χ3n) is 4.38. The molecule has 0 aliphatic carbocycles. The van der Waals surface area contributed by atoms with Crippen LogP contribution in [0.1, 0.15) is 53.3 Å². The number of aryl methyl sites for hydroxylation is 1. The molecule has 29 heavy (non-hydrogen) atoms. The number of hydrogen-bond acceptors (Lipinski definition) is 5. The van der Waals surface area contributed by atoms with Crippen molar-refractivity contribution in [2.75, 3.05) is 26.2 Å². The molecule has 1 amide bonds. The van der Waals surface area contributed by atoms with Crippen molar-refractivity contribution in [1.29, 1.82) is 0 Å². The summed E-state index contributed by atoms with van der Waals surface area (Å²) >= 11 is 0. The topological polar surface area (TPSA) is 96.7 Å². The number of halogens is 1. The maximum Gasteiger partial charge on any atom is 0.410 e. The van der Waals surface area contributed by atoms with Gasteiger partial charge in [0.1, 0.15) is 17.8 Å². The lowest BCUT2D eigenvalue weighted by molar-refractivity contribution is 0.0193. The second-order valence-electron chi connectivity index (χ2n) is 7.96. The van der Waals surface area contributed by atoms with Crippen molar-refractivity contribution in [3.05, 3.63) is 12.2 Å². The number of carbonyl (C=O) groups is 1. The largest absolute Gasteiger partial charge is 0.444 e. The molecule has 0 saturated carbocycles. The zero-order chi connectivity index (χ0) is 20.6. The molecule has 0 aromatic carbocycles. The van der Waals surface area contributed by atoms with E-state index in [1.807, 2.05) is 32.3 Å². The first-order valence-electron chi connectivity index (χ1n) is 10.2. The van der Waals surface area contributed by atoms with Crippen LogP contribution in [0.4, 0.5) is 4.79 Å². The number of guanidine groups is 1. The monoisotopic (exact) mass is 521 g/mol. The minimum Gasteiger partial charge on any atom is -0.444 e. The maximum absolute atomic E-state index is 12.4. The van der Waals surface area contributed by atoms with Crippen LogP contribution in [0.25, 0.3) is 0 Å². The van der Waals surface area contributed by atoms with Crippen LogP contribution < -0.4 is 10.6 Å². The summed E-state index contributed by atoms with van der Waals surface area (Å²) in [4.78, 5) is 18.8. The molecule has 1 aromatic rings. The van der Waals surface area contributed by atoms with E-state index in [1.165, 1.54) is 0 Å². The van der Waals surface area contributed by atoms with Crippen LogP contribution in [-0.2, 0) is 17.7 Å². The van der Waals surface area contributed by atoms with Gasteiger partial charge in [0, 0.05) is 38.6 Å². The van der Waals surface area contributed by atoms with Crippen LogP contribution in [0.15, 0.2) is 11.3 Å². The van der Waals surface area contributed by atoms with Crippen LogP contribution in [0.3, 0.4) is 0 Å². The fourth-order valence-corrected chi connectivity index (χ4v) is 3.11. The van der Waals surface area contributed by atoms with E-state index in [2.05, 4.69) is 32.7 Å². The van der Waals surface area contributed by atoms with Crippen LogP contribution in [-0.4, -0.2) is 69.5 Å². The molecule has 1 fully saturated rings. The third-order valence-corrected chi connectivity index (χ3v) is 4.38. The number of rotatable bonds is 6. The van der Waals surface area contributed by atoms with E-state index in [1.54, 1.807) is 11.2 Å². The molecule has 9 nitrogen and oxygen atoms in total. The summed E-state index contributed by atoms with van der Waals surface area (Å²) in [5.41, 5.74) is -0.479. The highest BCUT2D eigenvalue weighted by molar-refractivity contribution is 14.0. The van der Waals surface area contributed by atoms with Crippen LogP contribution in [0.2, 0.25) is 0 Å². The quantitative estimate of drug-likeness (QED) is 0.339. The first-order chi connectivity index (χ1) is 13.3. The number of aromatic nitrogens is 3. The summed E-state index contributed by atoms with van der Waals surface area (Å²) in [5.74, 6) is 1.73. The predicted molar refractivity (Wildman–Crippen MR) is 125 cm³/mol. The molecule has 0 radical (unpaired) electrons. The molecule has 1 atom stereocenters. The molecule has 1 aliphatic rings. The summed E-state index contributed by atoms with van der Waals surface area (Å²) in [7, 11) is 0. The summed E-state index contributed by atoms with van der Waals surface area (Å²) in [6, 6.07) is 0.153. The number of carbonyl (C=O) groups excluding carboxylic acids is 1. The van der Waals surface area contributed by atoms with Crippen LogP contribution in [0.5, 0.6) is 0 Å². The maximum atomic E-state index is 12.4. The average molecular weight is 521 g/mol. The Bertz CT molecular complexity index is 657. The van der Waals surface area contributed by atoms with Crippen molar-refractivity contribution in [3.63, 3.8) is 0 Å². The second-order valence-corrected chi connectivity index (χ2v) is 7.96. The molecular formula is C19H36IN7O2. The first kappa shape index (κ1) is 25.4. The number of likely N-dealkylation sites (tertiary alicyclic amines) is 1. The Hall–Kier alpha value is -1.59. The molecule has 10 heteroatoms. The summed E-state index contributed by atoms with van der Waals surface area (Å²) < 4.78 is 7.53. The third kappa shape index (κ3) is 8.75. The van der Waals surface area contributed by atoms with E-state index in [0.29, 0.717) is 13.1 Å². The molecule has 0 spiro atoms. The highest BCUT2D eigenvalue weighted by Gasteiger charge is 2.28. The molecule has 166 valence electrons. The number of ether oxygens (including phenoxy) is 1. The SMILES string of the molecule is CCNC(=NCCn1cnnc1CC)NC1CCCN(C(=O)OC(C)(C)C)C1.I. The number of amides is 1. The van der Waals surface area contributed by atoms with Gasteiger partial charge in [-0.05, 0) is 40.5 Å². The highest BCUT2D eigenvalue weighted by Crippen LogP contribution is 2.15. The van der Waals surface area contributed by atoms with E-state index in [0.717, 1.165) is 50.7 Å². The Balaban J connectivity index is 0.00000420. The Morgan fingerprint density at radius 3 is 2.79 bits per heavy atom. The van der Waals surface area contributed by atoms with Gasteiger partial charge in [0.25, 0.3) is 0 Å². The van der Waals surface area contributed by atoms with Gasteiger partial charge in [-0.1, -0.05) is 6.92 Å². The molecule has 1 saturated heterocycles. The zero-order valence-corrected chi connectivity index (χ0v) is 20.6. The Morgan fingerprint density at radius 2 is 2.14 bits per heavy atom. The lowest BCUT2D eigenvalue weighted by Gasteiger charge is -2.35. The molecule has 1 unspecified atom stereocenters. The number of piperidine rings is 1. The van der Waals surface area contributed by atoms with Gasteiger partial charge < -0.3 is 24.8 Å². The number of aliphatic imine (C=N–C) groups is 1. The van der Waals surface area contributed by atoms with E-state index < -0.39 is 5.60 Å². The summed E-state index contributed by atoms with van der Waals surface area (Å²) in [6.45, 7) is 13.3. The fraction of sp³-hybridized carbons (Fsp3) is 0.789. The van der Waals surface area contributed by atoms with Crippen molar-refractivity contribution in [1.82, 2.24) is 30.3 Å². The highest BCUT2D eigenvalue weighted by atomic mass is 127. The molecule has 0 bridgehead atoms. The minimum absolute atomic E-state index is 0. The molecule has 1 aromatic heterocycles. The van der Waals surface area contributed by atoms with Gasteiger partial charge in [0.15, 0.2) is 5.96 Å². The minimum atomic E-state index is -0.479. The second kappa shape index (κ2) is 12.2. The van der Waals surface area contributed by atoms with Crippen molar-refractivity contribution in [2.24, 2.45) is 4.99 Å². The molecule has 1 aliphatic heterocycles. The molecule has 2 rings (SSSR count). The summed E-state index contributed by atoms with van der Waals surface area (Å²) in [5, 5.41) is 14.8. The predicted octanol–water partition coefficient (Wildman–Crippen LogP) is 2.41. The molecule has 2 heterocycles. The van der Waals surface area contributed by atoms with Gasteiger partial charge in [-0.15, -0.1) is 34.2 Å². The smallest absolute Gasteiger partial charge is 0.410 e. The van der Waals surface area contributed by atoms with Crippen LogP contribution >= 0.6 is 24.0 Å². The Kier molecular flexibility index (Phi) is 10.7. The first-order valence-corrected chi connectivity index (χ1v) is 10.2. The normalized spacial score (nSPS) is 17.5. The Labute approximate surface area is 191 Å². The number of hydrogen-bond donors (Lipinski definition) is 2. The van der Waals surface area contributed by atoms with Crippen LogP contribution in [0, 0.1) is 0 Å². The zero-order valence-electron chi connectivity index (χ0n) is 18.3. The Morgan fingerprint density at radius 1 is 1.38 bits per heavy atom. The molecular weight excluding hydrogens is 485 g/mol. The van der Waals surface area contributed by atoms with Gasteiger partial charge in [0.2, 0.25) is 0 Å². The molecule has 2 N–H and O–H groups in total. The van der Waals surface area contributed by atoms with Crippen molar-refractivity contribution in [3.8, 4) is 0 Å². The fourth-order valence-electron chi connectivity index (χ4n) is 3.11. The van der Waals surface area contributed by atoms with E-state index >= 15 is 0 Å². The van der Waals surface area contributed by atoms with E-state index in [4.69, 9.17) is 4.74 Å². The summed E-state index contributed by atoms with van der Waals surface area (Å²) in [6.07, 6.45) is 4.28. The van der Waals surface area contributed by atoms with Crippen molar-refractivity contribution in [2.45, 2.75) is 72.1 Å². The van der Waals surface area contributed by atoms with Crippen molar-refractivity contribution >= 4 is 36.0 Å². The van der Waals surface area contributed by atoms with Gasteiger partial charge in [-0.25, -0.2) is 4.79 Å². The van der Waals surface area contributed by atoms with Gasteiger partial charge in [0.05, 0.1) is 6.54 Å². The lowest BCUT2D eigenvalue weighted by atomic mass is 10.1. The lowest BCUT2D eigenvalue weighted by Crippen LogP contribution is -2.53. The average Bonchev–Trinajstić information content (AvgIpc) is 3.08. The standard InChI is InChI=1S/C19H35N7O2.HI/c1-6-16-24-22-14-26(16)12-10-21-17(20-7-2)23-15-9-8-11-25(13-15)18(27)28-19(3,4)5;/h14-15H,6-13H2,1-5H3,(H2,20,21,23);1H. The number of nitrogens with one attached hydrogen (secondary N) is 2.